The van der Waals surface area contributed by atoms with E-state index in [9.17, 15) is 0 Å². The standard InChI is InChI=1S/C24H23N3O/c1-2-16-27(21-14-12-19(13-15-21)20-17-25-26-18-20)23-10-6-7-11-24(23)28-22-8-4-3-5-9-22/h3-15,17-18H,2,16H2,1H3,(H,25,26). The number of hydrogen-bond donors (Lipinski definition) is 1. The Labute approximate surface area is 165 Å². The molecule has 1 aromatic heterocycles. The molecule has 4 heteroatoms. The Bertz CT molecular complexity index is 996. The van der Waals surface area contributed by atoms with E-state index < -0.39 is 0 Å². The molecule has 140 valence electrons. The Morgan fingerprint density at radius 2 is 1.61 bits per heavy atom. The van der Waals surface area contributed by atoms with E-state index in [1.165, 1.54) is 0 Å². The number of aromatic amines is 1. The van der Waals surface area contributed by atoms with Gasteiger partial charge in [0.25, 0.3) is 0 Å². The van der Waals surface area contributed by atoms with Gasteiger partial charge < -0.3 is 9.64 Å². The number of anilines is 2. The molecule has 4 rings (SSSR count). The molecule has 4 nitrogen and oxygen atoms in total. The van der Waals surface area contributed by atoms with Crippen molar-refractivity contribution in [1.29, 1.82) is 0 Å². The molecule has 4 aromatic rings. The summed E-state index contributed by atoms with van der Waals surface area (Å²) in [5.74, 6) is 1.68. The van der Waals surface area contributed by atoms with Crippen molar-refractivity contribution in [3.05, 3.63) is 91.3 Å². The zero-order valence-corrected chi connectivity index (χ0v) is 15.9. The van der Waals surface area contributed by atoms with Crippen molar-refractivity contribution in [3.63, 3.8) is 0 Å². The first-order valence-electron chi connectivity index (χ1n) is 9.54. The molecule has 0 fully saturated rings. The highest BCUT2D eigenvalue weighted by Gasteiger charge is 2.14. The van der Waals surface area contributed by atoms with Crippen LogP contribution in [-0.2, 0) is 0 Å². The van der Waals surface area contributed by atoms with Gasteiger partial charge in [0.05, 0.1) is 11.9 Å². The van der Waals surface area contributed by atoms with Crippen LogP contribution in [-0.4, -0.2) is 16.7 Å². The van der Waals surface area contributed by atoms with Crippen molar-refractivity contribution in [2.75, 3.05) is 11.4 Å². The third-order valence-corrected chi connectivity index (χ3v) is 4.58. The minimum absolute atomic E-state index is 0.835. The fraction of sp³-hybridized carbons (Fsp3) is 0.125. The zero-order chi connectivity index (χ0) is 19.2. The van der Waals surface area contributed by atoms with Gasteiger partial charge in [-0.1, -0.05) is 49.4 Å². The number of benzene rings is 3. The lowest BCUT2D eigenvalue weighted by molar-refractivity contribution is 0.482. The number of nitrogens with one attached hydrogen (secondary N) is 1. The molecule has 0 aliphatic carbocycles. The summed E-state index contributed by atoms with van der Waals surface area (Å²) in [6.07, 6.45) is 4.77. The van der Waals surface area contributed by atoms with Crippen molar-refractivity contribution in [3.8, 4) is 22.6 Å². The van der Waals surface area contributed by atoms with E-state index >= 15 is 0 Å². The van der Waals surface area contributed by atoms with Crippen LogP contribution in [0.15, 0.2) is 91.3 Å². The average molecular weight is 369 g/mol. The van der Waals surface area contributed by atoms with Crippen molar-refractivity contribution >= 4 is 11.4 Å². The van der Waals surface area contributed by atoms with Crippen LogP contribution in [0.2, 0.25) is 0 Å². The van der Waals surface area contributed by atoms with Gasteiger partial charge in [0, 0.05) is 24.0 Å². The van der Waals surface area contributed by atoms with Crippen LogP contribution in [0, 0.1) is 0 Å². The number of para-hydroxylation sites is 3. The van der Waals surface area contributed by atoms with Gasteiger partial charge in [-0.2, -0.15) is 5.10 Å². The maximum atomic E-state index is 6.19. The number of nitrogens with zero attached hydrogens (tertiary/aromatic N) is 2. The molecule has 28 heavy (non-hydrogen) atoms. The van der Waals surface area contributed by atoms with Crippen molar-refractivity contribution in [1.82, 2.24) is 10.2 Å². The molecule has 0 amide bonds. The third kappa shape index (κ3) is 3.91. The van der Waals surface area contributed by atoms with Gasteiger partial charge in [0.1, 0.15) is 5.75 Å². The predicted octanol–water partition coefficient (Wildman–Crippen LogP) is 6.42. The molecule has 0 spiro atoms. The first-order chi connectivity index (χ1) is 13.8. The molecule has 0 aliphatic rings. The van der Waals surface area contributed by atoms with E-state index in [1.807, 2.05) is 54.9 Å². The molecule has 1 heterocycles. The lowest BCUT2D eigenvalue weighted by atomic mass is 10.1. The van der Waals surface area contributed by atoms with Gasteiger partial charge in [-0.15, -0.1) is 0 Å². The third-order valence-electron chi connectivity index (χ3n) is 4.58. The Morgan fingerprint density at radius 1 is 0.857 bits per heavy atom. The van der Waals surface area contributed by atoms with Crippen LogP contribution in [0.25, 0.3) is 11.1 Å². The summed E-state index contributed by atoms with van der Waals surface area (Å²) in [4.78, 5) is 2.30. The van der Waals surface area contributed by atoms with E-state index in [2.05, 4.69) is 58.4 Å². The highest BCUT2D eigenvalue weighted by Crippen LogP contribution is 2.37. The topological polar surface area (TPSA) is 41.2 Å². The van der Waals surface area contributed by atoms with Crippen molar-refractivity contribution < 1.29 is 4.74 Å². The second-order valence-corrected chi connectivity index (χ2v) is 6.57. The van der Waals surface area contributed by atoms with Crippen molar-refractivity contribution in [2.24, 2.45) is 0 Å². The fourth-order valence-corrected chi connectivity index (χ4v) is 3.24. The largest absolute Gasteiger partial charge is 0.455 e. The number of hydrogen-bond acceptors (Lipinski definition) is 3. The van der Waals surface area contributed by atoms with Crippen molar-refractivity contribution in [2.45, 2.75) is 13.3 Å². The van der Waals surface area contributed by atoms with Gasteiger partial charge >= 0.3 is 0 Å². The quantitative estimate of drug-likeness (QED) is 0.409. The zero-order valence-electron chi connectivity index (χ0n) is 15.9. The number of ether oxygens (including phenoxy) is 1. The molecule has 0 saturated heterocycles. The highest BCUT2D eigenvalue weighted by atomic mass is 16.5. The van der Waals surface area contributed by atoms with Crippen LogP contribution in [0.3, 0.4) is 0 Å². The Kier molecular flexibility index (Phi) is 5.38. The average Bonchev–Trinajstić information content (AvgIpc) is 3.29. The van der Waals surface area contributed by atoms with E-state index in [1.54, 1.807) is 0 Å². The summed E-state index contributed by atoms with van der Waals surface area (Å²) in [5.41, 5.74) is 4.42. The molecule has 1 N–H and O–H groups in total. The lowest BCUT2D eigenvalue weighted by Crippen LogP contribution is -2.18. The monoisotopic (exact) mass is 369 g/mol. The molecule has 0 unspecified atom stereocenters. The molecule has 0 aliphatic heterocycles. The summed E-state index contributed by atoms with van der Waals surface area (Å²) in [7, 11) is 0. The van der Waals surface area contributed by atoms with E-state index in [4.69, 9.17) is 4.74 Å². The SMILES string of the molecule is CCCN(c1ccc(-c2cn[nH]c2)cc1)c1ccccc1Oc1ccccc1. The van der Waals surface area contributed by atoms with Crippen LogP contribution >= 0.6 is 0 Å². The Balaban J connectivity index is 1.66. The second kappa shape index (κ2) is 8.44. The number of rotatable bonds is 7. The van der Waals surface area contributed by atoms with Gasteiger partial charge in [0.15, 0.2) is 5.75 Å². The molecule has 0 saturated carbocycles. The maximum absolute atomic E-state index is 6.19. The lowest BCUT2D eigenvalue weighted by Gasteiger charge is -2.27. The van der Waals surface area contributed by atoms with E-state index in [0.29, 0.717) is 0 Å². The maximum Gasteiger partial charge on any atom is 0.151 e. The molecule has 0 bridgehead atoms. The van der Waals surface area contributed by atoms with Crippen LogP contribution < -0.4 is 9.64 Å². The van der Waals surface area contributed by atoms with Crippen LogP contribution in [0.5, 0.6) is 11.5 Å². The smallest absolute Gasteiger partial charge is 0.151 e. The normalized spacial score (nSPS) is 10.6. The number of H-pyrrole nitrogens is 1. The van der Waals surface area contributed by atoms with Crippen LogP contribution in [0.4, 0.5) is 11.4 Å². The molecule has 3 aromatic carbocycles. The summed E-state index contributed by atoms with van der Waals surface area (Å²) in [5, 5.41) is 6.90. The fourth-order valence-electron chi connectivity index (χ4n) is 3.24. The molecular formula is C24H23N3O. The van der Waals surface area contributed by atoms with Gasteiger partial charge in [-0.25, -0.2) is 0 Å². The Morgan fingerprint density at radius 3 is 2.32 bits per heavy atom. The highest BCUT2D eigenvalue weighted by molar-refractivity contribution is 5.72. The van der Waals surface area contributed by atoms with E-state index in [-0.39, 0.29) is 0 Å². The minimum Gasteiger partial charge on any atom is -0.455 e. The summed E-state index contributed by atoms with van der Waals surface area (Å²) in [6, 6.07) is 26.6. The van der Waals surface area contributed by atoms with Gasteiger partial charge in [-0.05, 0) is 48.4 Å². The van der Waals surface area contributed by atoms with Gasteiger partial charge in [-0.3, -0.25) is 5.10 Å². The van der Waals surface area contributed by atoms with Crippen LogP contribution in [0.1, 0.15) is 13.3 Å². The minimum atomic E-state index is 0.835. The predicted molar refractivity (Wildman–Crippen MR) is 114 cm³/mol. The molecule has 0 radical (unpaired) electrons. The van der Waals surface area contributed by atoms with E-state index in [0.717, 1.165) is 47.0 Å². The molecule has 0 atom stereocenters. The summed E-state index contributed by atoms with van der Waals surface area (Å²) < 4.78 is 6.19. The summed E-state index contributed by atoms with van der Waals surface area (Å²) in [6.45, 7) is 3.09. The Hall–Kier alpha value is -3.53. The first kappa shape index (κ1) is 17.9. The first-order valence-corrected chi connectivity index (χ1v) is 9.54. The molecular weight excluding hydrogens is 346 g/mol. The summed E-state index contributed by atoms with van der Waals surface area (Å²) >= 11 is 0. The van der Waals surface area contributed by atoms with Gasteiger partial charge in [0.2, 0.25) is 0 Å². The number of aromatic nitrogens is 2. The second-order valence-electron chi connectivity index (χ2n) is 6.57.